The second-order valence-corrected chi connectivity index (χ2v) is 4.61. The Kier molecular flexibility index (Phi) is 3.60. The van der Waals surface area contributed by atoms with E-state index in [-0.39, 0.29) is 0 Å². The minimum Gasteiger partial charge on any atom is -0.378 e. The van der Waals surface area contributed by atoms with Crippen LogP contribution in [0.1, 0.15) is 5.69 Å². The lowest BCUT2D eigenvalue weighted by Gasteiger charge is -2.12. The molecule has 0 saturated heterocycles. The van der Waals surface area contributed by atoms with Crippen molar-refractivity contribution in [2.24, 2.45) is 0 Å². The summed E-state index contributed by atoms with van der Waals surface area (Å²) in [6.45, 7) is 0.614. The molecule has 1 aromatic carbocycles. The minimum atomic E-state index is 0.614. The van der Waals surface area contributed by atoms with Gasteiger partial charge in [0.05, 0.1) is 23.6 Å². The zero-order valence-electron chi connectivity index (χ0n) is 10.6. The maximum Gasteiger partial charge on any atom is 0.138 e. The standard InChI is InChI=1S/C14H12ClN5/c15-11-4-5-14(20-10-16-9-19-20)13(7-11)18-8-12-3-1-2-6-17-12/h1-7,9-10,18H,8H2. The molecular formula is C14H12ClN5. The van der Waals surface area contributed by atoms with Crippen LogP contribution in [0, 0.1) is 0 Å². The maximum absolute atomic E-state index is 6.06. The monoisotopic (exact) mass is 285 g/mol. The molecule has 0 bridgehead atoms. The molecule has 0 radical (unpaired) electrons. The van der Waals surface area contributed by atoms with E-state index >= 15 is 0 Å². The van der Waals surface area contributed by atoms with E-state index in [0.717, 1.165) is 17.1 Å². The van der Waals surface area contributed by atoms with Crippen molar-refractivity contribution < 1.29 is 0 Å². The molecule has 0 aliphatic rings. The fourth-order valence-electron chi connectivity index (χ4n) is 1.87. The molecule has 3 rings (SSSR count). The maximum atomic E-state index is 6.06. The number of halogens is 1. The largest absolute Gasteiger partial charge is 0.378 e. The second kappa shape index (κ2) is 5.71. The summed E-state index contributed by atoms with van der Waals surface area (Å²) in [4.78, 5) is 8.24. The molecule has 100 valence electrons. The van der Waals surface area contributed by atoms with Crippen molar-refractivity contribution >= 4 is 17.3 Å². The molecule has 6 heteroatoms. The first kappa shape index (κ1) is 12.6. The van der Waals surface area contributed by atoms with Crippen LogP contribution in [0.2, 0.25) is 5.02 Å². The Morgan fingerprint density at radius 2 is 2.15 bits per heavy atom. The van der Waals surface area contributed by atoms with Crippen molar-refractivity contribution in [3.63, 3.8) is 0 Å². The third kappa shape index (κ3) is 2.78. The van der Waals surface area contributed by atoms with E-state index in [0.29, 0.717) is 11.6 Å². The Morgan fingerprint density at radius 1 is 1.20 bits per heavy atom. The smallest absolute Gasteiger partial charge is 0.138 e. The molecule has 0 atom stereocenters. The van der Waals surface area contributed by atoms with Crippen LogP contribution in [-0.4, -0.2) is 19.7 Å². The fraction of sp³-hybridized carbons (Fsp3) is 0.0714. The number of hydrogen-bond donors (Lipinski definition) is 1. The van der Waals surface area contributed by atoms with E-state index in [1.165, 1.54) is 6.33 Å². The number of anilines is 1. The van der Waals surface area contributed by atoms with Gasteiger partial charge in [-0.05, 0) is 30.3 Å². The third-order valence-electron chi connectivity index (χ3n) is 2.81. The molecule has 0 aliphatic heterocycles. The van der Waals surface area contributed by atoms with Crippen molar-refractivity contribution in [2.45, 2.75) is 6.54 Å². The lowest BCUT2D eigenvalue weighted by Crippen LogP contribution is -2.05. The van der Waals surface area contributed by atoms with E-state index in [2.05, 4.69) is 20.4 Å². The molecule has 3 aromatic rings. The molecule has 0 aliphatic carbocycles. The van der Waals surface area contributed by atoms with E-state index in [1.807, 2.05) is 36.4 Å². The average Bonchev–Trinajstić information content (AvgIpc) is 3.00. The van der Waals surface area contributed by atoms with Gasteiger partial charge in [-0.2, -0.15) is 5.10 Å². The number of hydrogen-bond acceptors (Lipinski definition) is 4. The molecule has 0 unspecified atom stereocenters. The first-order valence-corrected chi connectivity index (χ1v) is 6.49. The van der Waals surface area contributed by atoms with Crippen LogP contribution in [0.5, 0.6) is 0 Å². The topological polar surface area (TPSA) is 55.6 Å². The molecular weight excluding hydrogens is 274 g/mol. The van der Waals surface area contributed by atoms with Crippen LogP contribution < -0.4 is 5.32 Å². The Hall–Kier alpha value is -2.40. The van der Waals surface area contributed by atoms with Gasteiger partial charge in [0.1, 0.15) is 12.7 Å². The van der Waals surface area contributed by atoms with Crippen LogP contribution in [0.3, 0.4) is 0 Å². The second-order valence-electron chi connectivity index (χ2n) is 4.18. The summed E-state index contributed by atoms with van der Waals surface area (Å²) in [7, 11) is 0. The highest BCUT2D eigenvalue weighted by Crippen LogP contribution is 2.24. The van der Waals surface area contributed by atoms with E-state index in [1.54, 1.807) is 17.2 Å². The lowest BCUT2D eigenvalue weighted by molar-refractivity contribution is 0.877. The fourth-order valence-corrected chi connectivity index (χ4v) is 2.04. The minimum absolute atomic E-state index is 0.614. The summed E-state index contributed by atoms with van der Waals surface area (Å²) in [5.74, 6) is 0. The highest BCUT2D eigenvalue weighted by atomic mass is 35.5. The molecule has 5 nitrogen and oxygen atoms in total. The van der Waals surface area contributed by atoms with Gasteiger partial charge in [0.15, 0.2) is 0 Å². The molecule has 2 heterocycles. The molecule has 2 aromatic heterocycles. The van der Waals surface area contributed by atoms with Crippen LogP contribution in [0.25, 0.3) is 5.69 Å². The van der Waals surface area contributed by atoms with Crippen LogP contribution in [0.4, 0.5) is 5.69 Å². The summed E-state index contributed by atoms with van der Waals surface area (Å²) >= 11 is 6.06. The van der Waals surface area contributed by atoms with Gasteiger partial charge in [-0.25, -0.2) is 9.67 Å². The quantitative estimate of drug-likeness (QED) is 0.801. The Balaban J connectivity index is 1.87. The number of nitrogens with zero attached hydrogens (tertiary/aromatic N) is 4. The highest BCUT2D eigenvalue weighted by Gasteiger charge is 2.06. The van der Waals surface area contributed by atoms with Gasteiger partial charge in [-0.1, -0.05) is 17.7 Å². The number of rotatable bonds is 4. The van der Waals surface area contributed by atoms with E-state index < -0.39 is 0 Å². The molecule has 0 fully saturated rings. The Morgan fingerprint density at radius 3 is 2.90 bits per heavy atom. The molecule has 0 amide bonds. The molecule has 20 heavy (non-hydrogen) atoms. The van der Waals surface area contributed by atoms with Crippen LogP contribution in [-0.2, 0) is 6.54 Å². The lowest BCUT2D eigenvalue weighted by atomic mass is 10.2. The summed E-state index contributed by atoms with van der Waals surface area (Å²) in [6, 6.07) is 11.4. The third-order valence-corrected chi connectivity index (χ3v) is 3.05. The number of aromatic nitrogens is 4. The predicted molar refractivity (Wildman–Crippen MR) is 77.9 cm³/mol. The van der Waals surface area contributed by atoms with Gasteiger partial charge >= 0.3 is 0 Å². The van der Waals surface area contributed by atoms with Gasteiger partial charge in [0.25, 0.3) is 0 Å². The van der Waals surface area contributed by atoms with Gasteiger partial charge in [0, 0.05) is 11.2 Å². The Labute approximate surface area is 121 Å². The summed E-state index contributed by atoms with van der Waals surface area (Å²) in [5.41, 5.74) is 2.73. The number of benzene rings is 1. The van der Waals surface area contributed by atoms with Gasteiger partial charge in [-0.3, -0.25) is 4.98 Å². The highest BCUT2D eigenvalue weighted by molar-refractivity contribution is 6.31. The van der Waals surface area contributed by atoms with Gasteiger partial charge in [0.2, 0.25) is 0 Å². The summed E-state index contributed by atoms with van der Waals surface area (Å²) in [5, 5.41) is 8.13. The normalized spacial score (nSPS) is 10.4. The van der Waals surface area contributed by atoms with Crippen molar-refractivity contribution in [3.8, 4) is 5.69 Å². The van der Waals surface area contributed by atoms with E-state index in [9.17, 15) is 0 Å². The van der Waals surface area contributed by atoms with Crippen LogP contribution in [0.15, 0.2) is 55.2 Å². The molecule has 0 saturated carbocycles. The summed E-state index contributed by atoms with van der Waals surface area (Å²) < 4.78 is 1.69. The first-order chi connectivity index (χ1) is 9.83. The summed E-state index contributed by atoms with van der Waals surface area (Å²) in [6.07, 6.45) is 4.92. The molecule has 1 N–H and O–H groups in total. The van der Waals surface area contributed by atoms with Crippen molar-refractivity contribution in [1.29, 1.82) is 0 Å². The van der Waals surface area contributed by atoms with Crippen molar-refractivity contribution in [3.05, 3.63) is 66.0 Å². The average molecular weight is 286 g/mol. The molecule has 0 spiro atoms. The zero-order chi connectivity index (χ0) is 13.8. The van der Waals surface area contributed by atoms with Gasteiger partial charge in [-0.15, -0.1) is 0 Å². The number of pyridine rings is 1. The van der Waals surface area contributed by atoms with Gasteiger partial charge < -0.3 is 5.32 Å². The van der Waals surface area contributed by atoms with Crippen LogP contribution >= 0.6 is 11.6 Å². The first-order valence-electron chi connectivity index (χ1n) is 6.11. The Bertz CT molecular complexity index is 682. The number of nitrogens with one attached hydrogen (secondary N) is 1. The zero-order valence-corrected chi connectivity index (χ0v) is 11.3. The predicted octanol–water partition coefficient (Wildman–Crippen LogP) is 2.93. The van der Waals surface area contributed by atoms with Crippen molar-refractivity contribution in [2.75, 3.05) is 5.32 Å². The van der Waals surface area contributed by atoms with E-state index in [4.69, 9.17) is 11.6 Å². The van der Waals surface area contributed by atoms with Crippen molar-refractivity contribution in [1.82, 2.24) is 19.7 Å². The SMILES string of the molecule is Clc1ccc(-n2cncn2)c(NCc2ccccn2)c1.